The van der Waals surface area contributed by atoms with Gasteiger partial charge in [0.2, 0.25) is 0 Å². The molecular weight excluding hydrogens is 160 g/mol. The summed E-state index contributed by atoms with van der Waals surface area (Å²) in [6, 6.07) is 4.03. The molecule has 0 spiro atoms. The number of aryl methyl sites for hydroxylation is 1. The van der Waals surface area contributed by atoms with Gasteiger partial charge in [-0.1, -0.05) is 6.07 Å². The monoisotopic (exact) mass is 168 g/mol. The first-order valence-corrected chi connectivity index (χ1v) is 4.09. The van der Waals surface area contributed by atoms with Crippen LogP contribution < -0.4 is 4.42 Å². The number of anilines is 1. The van der Waals surface area contributed by atoms with Crippen molar-refractivity contribution in [2.75, 3.05) is 11.0 Å². The molecule has 0 bridgehead atoms. The van der Waals surface area contributed by atoms with Crippen molar-refractivity contribution in [3.63, 3.8) is 0 Å². The second-order valence-electron chi connectivity index (χ2n) is 2.68. The lowest BCUT2D eigenvalue weighted by molar-refractivity contribution is 0.777. The number of rotatable bonds is 0. The van der Waals surface area contributed by atoms with E-state index in [9.17, 15) is 0 Å². The molecule has 2 nitrogen and oxygen atoms in total. The molecule has 1 aromatic rings. The highest BCUT2D eigenvalue weighted by atomic mass is 35.5. The summed E-state index contributed by atoms with van der Waals surface area (Å²) in [5, 5.41) is 0. The van der Waals surface area contributed by atoms with E-state index in [4.69, 9.17) is 11.8 Å². The number of pyridine rings is 1. The summed E-state index contributed by atoms with van der Waals surface area (Å²) in [6.45, 7) is 0.908. The third-order valence-electron chi connectivity index (χ3n) is 1.90. The fraction of sp³-hybridized carbons (Fsp3) is 0.375. The van der Waals surface area contributed by atoms with Crippen LogP contribution in [0.15, 0.2) is 18.3 Å². The molecule has 0 unspecified atom stereocenters. The van der Waals surface area contributed by atoms with Crippen LogP contribution in [0.5, 0.6) is 0 Å². The van der Waals surface area contributed by atoms with Gasteiger partial charge in [0.1, 0.15) is 5.82 Å². The number of aromatic nitrogens is 1. The van der Waals surface area contributed by atoms with Gasteiger partial charge in [0, 0.05) is 24.5 Å². The van der Waals surface area contributed by atoms with Gasteiger partial charge < -0.3 is 0 Å². The fourth-order valence-electron chi connectivity index (χ4n) is 1.36. The zero-order valence-electron chi connectivity index (χ0n) is 6.13. The van der Waals surface area contributed by atoms with Crippen LogP contribution in [0, 0.1) is 0 Å². The van der Waals surface area contributed by atoms with Crippen LogP contribution in [-0.4, -0.2) is 11.5 Å². The Morgan fingerprint density at radius 2 is 2.45 bits per heavy atom. The topological polar surface area (TPSA) is 16.1 Å². The smallest absolute Gasteiger partial charge is 0.146 e. The van der Waals surface area contributed by atoms with Gasteiger partial charge in [-0.3, -0.25) is 4.42 Å². The Hall–Kier alpha value is -0.760. The maximum Gasteiger partial charge on any atom is 0.146 e. The third-order valence-corrected chi connectivity index (χ3v) is 2.23. The first-order chi connectivity index (χ1) is 5.38. The molecule has 0 aliphatic carbocycles. The van der Waals surface area contributed by atoms with Crippen molar-refractivity contribution in [1.29, 1.82) is 0 Å². The van der Waals surface area contributed by atoms with Crippen LogP contribution in [0.2, 0.25) is 0 Å². The van der Waals surface area contributed by atoms with Crippen LogP contribution in [0.1, 0.15) is 12.0 Å². The van der Waals surface area contributed by atoms with Crippen molar-refractivity contribution in [1.82, 2.24) is 4.98 Å². The maximum atomic E-state index is 5.92. The van der Waals surface area contributed by atoms with Gasteiger partial charge in [-0.05, 0) is 24.5 Å². The molecule has 3 heteroatoms. The summed E-state index contributed by atoms with van der Waals surface area (Å²) in [7, 11) is 0. The summed E-state index contributed by atoms with van der Waals surface area (Å²) < 4.78 is 1.69. The van der Waals surface area contributed by atoms with Gasteiger partial charge in [-0.25, -0.2) is 4.98 Å². The summed E-state index contributed by atoms with van der Waals surface area (Å²) in [6.07, 6.45) is 4.01. The SMILES string of the molecule is ClN1CCCc2cccnc21. The van der Waals surface area contributed by atoms with Gasteiger partial charge in [-0.2, -0.15) is 0 Å². The lowest BCUT2D eigenvalue weighted by Gasteiger charge is -2.22. The number of halogens is 1. The largest absolute Gasteiger partial charge is 0.269 e. The summed E-state index contributed by atoms with van der Waals surface area (Å²) in [5.41, 5.74) is 1.26. The van der Waals surface area contributed by atoms with Crippen molar-refractivity contribution in [2.45, 2.75) is 12.8 Å². The highest BCUT2D eigenvalue weighted by Gasteiger charge is 2.14. The summed E-state index contributed by atoms with van der Waals surface area (Å²) in [4.78, 5) is 4.19. The Kier molecular flexibility index (Phi) is 1.70. The normalized spacial score (nSPS) is 16.3. The number of hydrogen-bond acceptors (Lipinski definition) is 2. The second-order valence-corrected chi connectivity index (χ2v) is 3.08. The van der Waals surface area contributed by atoms with Crippen molar-refractivity contribution in [2.24, 2.45) is 0 Å². The molecule has 0 radical (unpaired) electrons. The summed E-state index contributed by atoms with van der Waals surface area (Å²) in [5.74, 6) is 0.931. The number of hydrogen-bond donors (Lipinski definition) is 0. The van der Waals surface area contributed by atoms with E-state index < -0.39 is 0 Å². The van der Waals surface area contributed by atoms with Crippen LogP contribution >= 0.6 is 11.8 Å². The second kappa shape index (κ2) is 2.70. The maximum absolute atomic E-state index is 5.92. The predicted octanol–water partition coefficient (Wildman–Crippen LogP) is 1.99. The van der Waals surface area contributed by atoms with E-state index in [-0.39, 0.29) is 0 Å². The van der Waals surface area contributed by atoms with Crippen molar-refractivity contribution in [3.8, 4) is 0 Å². The molecule has 0 aromatic carbocycles. The third kappa shape index (κ3) is 1.18. The van der Waals surface area contributed by atoms with Crippen molar-refractivity contribution >= 4 is 17.6 Å². The molecule has 11 heavy (non-hydrogen) atoms. The van der Waals surface area contributed by atoms with Gasteiger partial charge in [0.15, 0.2) is 0 Å². The lowest BCUT2D eigenvalue weighted by atomic mass is 10.1. The fourth-order valence-corrected chi connectivity index (χ4v) is 1.63. The van der Waals surface area contributed by atoms with Crippen LogP contribution in [0.25, 0.3) is 0 Å². The zero-order chi connectivity index (χ0) is 7.68. The van der Waals surface area contributed by atoms with Crippen molar-refractivity contribution < 1.29 is 0 Å². The molecule has 58 valence electrons. The summed E-state index contributed by atoms with van der Waals surface area (Å²) >= 11 is 5.92. The number of fused-ring (bicyclic) bond motifs is 1. The van der Waals surface area contributed by atoms with Crippen LogP contribution in [-0.2, 0) is 6.42 Å². The molecule has 0 saturated heterocycles. The Morgan fingerprint density at radius 3 is 3.27 bits per heavy atom. The highest BCUT2D eigenvalue weighted by molar-refractivity contribution is 6.25. The molecule has 0 fully saturated rings. The molecule has 2 rings (SSSR count). The molecule has 1 aliphatic rings. The van der Waals surface area contributed by atoms with Crippen LogP contribution in [0.3, 0.4) is 0 Å². The number of nitrogens with zero attached hydrogens (tertiary/aromatic N) is 2. The van der Waals surface area contributed by atoms with E-state index >= 15 is 0 Å². The molecule has 0 amide bonds. The zero-order valence-corrected chi connectivity index (χ0v) is 6.88. The molecule has 0 N–H and O–H groups in total. The first kappa shape index (κ1) is 6.92. The molecule has 0 saturated carbocycles. The standard InChI is InChI=1S/C8H9ClN2/c9-11-6-2-4-7-3-1-5-10-8(7)11/h1,3,5H,2,4,6H2. The van der Waals surface area contributed by atoms with E-state index in [1.54, 1.807) is 10.6 Å². The Bertz CT molecular complexity index is 262. The van der Waals surface area contributed by atoms with Crippen molar-refractivity contribution in [3.05, 3.63) is 23.9 Å². The minimum atomic E-state index is 0.908. The van der Waals surface area contributed by atoms with E-state index in [2.05, 4.69) is 11.1 Å². The van der Waals surface area contributed by atoms with Gasteiger partial charge in [0.05, 0.1) is 0 Å². The Balaban J connectivity index is 2.44. The van der Waals surface area contributed by atoms with E-state index in [1.807, 2.05) is 6.07 Å². The highest BCUT2D eigenvalue weighted by Crippen LogP contribution is 2.24. The van der Waals surface area contributed by atoms with Crippen LogP contribution in [0.4, 0.5) is 5.82 Å². The molecule has 1 aromatic heterocycles. The average molecular weight is 169 g/mol. The van der Waals surface area contributed by atoms with E-state index in [1.165, 1.54) is 5.56 Å². The molecular formula is C8H9ClN2. The first-order valence-electron chi connectivity index (χ1n) is 3.75. The van der Waals surface area contributed by atoms with E-state index in [0.29, 0.717) is 0 Å². The average Bonchev–Trinajstić information content (AvgIpc) is 2.06. The quantitative estimate of drug-likeness (QED) is 0.551. The minimum absolute atomic E-state index is 0.908. The molecule has 1 aliphatic heterocycles. The van der Waals surface area contributed by atoms with E-state index in [0.717, 1.165) is 25.2 Å². The predicted molar refractivity (Wildman–Crippen MR) is 45.8 cm³/mol. The minimum Gasteiger partial charge on any atom is -0.269 e. The van der Waals surface area contributed by atoms with Gasteiger partial charge in [-0.15, -0.1) is 0 Å². The Morgan fingerprint density at radius 1 is 1.55 bits per heavy atom. The molecule has 0 atom stereocenters. The molecule has 2 heterocycles. The lowest BCUT2D eigenvalue weighted by Crippen LogP contribution is -2.20. The van der Waals surface area contributed by atoms with Gasteiger partial charge >= 0.3 is 0 Å². The van der Waals surface area contributed by atoms with Gasteiger partial charge in [0.25, 0.3) is 0 Å². The Labute approximate surface area is 70.9 Å².